The number of hydrogen-bond acceptors (Lipinski definition) is 2. The molecule has 2 rings (SSSR count). The normalized spacial score (nSPS) is 16.6. The summed E-state index contributed by atoms with van der Waals surface area (Å²) in [6.45, 7) is 0.585. The molecule has 4 heteroatoms. The molecule has 84 valence electrons. The zero-order valence-electron chi connectivity index (χ0n) is 8.67. The molecule has 0 spiro atoms. The number of nitriles is 1. The van der Waals surface area contributed by atoms with Crippen LogP contribution in [0.2, 0.25) is 5.02 Å². The first-order chi connectivity index (χ1) is 7.65. The molecule has 0 N–H and O–H groups in total. The molecule has 1 aliphatic carbocycles. The molecule has 1 aromatic carbocycles. The number of ether oxygens (including phenoxy) is 1. The van der Waals surface area contributed by atoms with Crippen molar-refractivity contribution >= 4 is 27.5 Å². The molecular formula is C12H11BrClNO. The third kappa shape index (κ3) is 2.69. The Kier molecular flexibility index (Phi) is 3.41. The molecule has 1 aromatic rings. The summed E-state index contributed by atoms with van der Waals surface area (Å²) < 4.78 is 6.60. The fraction of sp³-hybridized carbons (Fsp3) is 0.417. The van der Waals surface area contributed by atoms with E-state index in [1.54, 1.807) is 6.07 Å². The summed E-state index contributed by atoms with van der Waals surface area (Å²) in [5, 5.41) is 9.29. The maximum atomic E-state index is 8.69. The Morgan fingerprint density at radius 3 is 2.81 bits per heavy atom. The van der Waals surface area contributed by atoms with Gasteiger partial charge in [0, 0.05) is 16.3 Å². The molecule has 1 saturated carbocycles. The van der Waals surface area contributed by atoms with Gasteiger partial charge in [-0.25, -0.2) is 0 Å². The second-order valence-electron chi connectivity index (χ2n) is 4.20. The van der Waals surface area contributed by atoms with Crippen LogP contribution in [0.15, 0.2) is 22.7 Å². The Morgan fingerprint density at radius 2 is 2.25 bits per heavy atom. The number of nitrogens with zero attached hydrogens (tertiary/aromatic N) is 1. The predicted octanol–water partition coefficient (Wildman–Crippen LogP) is 4.18. The van der Waals surface area contributed by atoms with Crippen molar-refractivity contribution in [2.24, 2.45) is 5.41 Å². The van der Waals surface area contributed by atoms with E-state index in [-0.39, 0.29) is 5.41 Å². The molecule has 1 fully saturated rings. The van der Waals surface area contributed by atoms with Crippen molar-refractivity contribution in [2.75, 3.05) is 6.61 Å². The van der Waals surface area contributed by atoms with Gasteiger partial charge in [0.15, 0.2) is 0 Å². The summed E-state index contributed by atoms with van der Waals surface area (Å²) >= 11 is 9.38. The Hall–Kier alpha value is -0.720. The van der Waals surface area contributed by atoms with Crippen LogP contribution in [0.4, 0.5) is 0 Å². The lowest BCUT2D eigenvalue weighted by atomic mass is 10.1. The van der Waals surface area contributed by atoms with Crippen LogP contribution in [0.1, 0.15) is 19.3 Å². The summed E-state index contributed by atoms with van der Waals surface area (Å²) in [5.74, 6) is 0.689. The van der Waals surface area contributed by atoms with Crippen molar-refractivity contribution in [2.45, 2.75) is 19.3 Å². The summed E-state index contributed by atoms with van der Waals surface area (Å²) in [6.07, 6.45) is 2.73. The van der Waals surface area contributed by atoms with Crippen LogP contribution in [0.5, 0.6) is 5.75 Å². The average Bonchev–Trinajstić information content (AvgIpc) is 2.98. The van der Waals surface area contributed by atoms with Gasteiger partial charge in [-0.05, 0) is 31.0 Å². The van der Waals surface area contributed by atoms with Crippen molar-refractivity contribution in [1.82, 2.24) is 0 Å². The van der Waals surface area contributed by atoms with Gasteiger partial charge in [-0.2, -0.15) is 5.26 Å². The lowest BCUT2D eigenvalue weighted by Crippen LogP contribution is -2.12. The van der Waals surface area contributed by atoms with Gasteiger partial charge >= 0.3 is 0 Å². The van der Waals surface area contributed by atoms with Crippen LogP contribution in [0.25, 0.3) is 0 Å². The molecule has 0 atom stereocenters. The van der Waals surface area contributed by atoms with E-state index in [4.69, 9.17) is 21.6 Å². The molecule has 0 radical (unpaired) electrons. The van der Waals surface area contributed by atoms with E-state index in [9.17, 15) is 0 Å². The highest BCUT2D eigenvalue weighted by molar-refractivity contribution is 9.10. The van der Waals surface area contributed by atoms with Crippen LogP contribution in [-0.2, 0) is 0 Å². The Morgan fingerprint density at radius 1 is 1.50 bits per heavy atom. The van der Waals surface area contributed by atoms with E-state index < -0.39 is 0 Å². The Labute approximate surface area is 108 Å². The summed E-state index contributed by atoms with van der Waals surface area (Å²) in [7, 11) is 0. The molecule has 0 unspecified atom stereocenters. The van der Waals surface area contributed by atoms with E-state index in [0.29, 0.717) is 23.8 Å². The molecule has 16 heavy (non-hydrogen) atoms. The first kappa shape index (κ1) is 11.8. The van der Waals surface area contributed by atoms with E-state index in [0.717, 1.165) is 17.3 Å². The molecule has 0 aromatic heterocycles. The topological polar surface area (TPSA) is 33.0 Å². The van der Waals surface area contributed by atoms with E-state index >= 15 is 0 Å². The molecule has 0 amide bonds. The maximum absolute atomic E-state index is 8.69. The second kappa shape index (κ2) is 4.65. The first-order valence-corrected chi connectivity index (χ1v) is 6.27. The van der Waals surface area contributed by atoms with Crippen LogP contribution in [-0.4, -0.2) is 6.61 Å². The number of hydrogen-bond donors (Lipinski definition) is 0. The van der Waals surface area contributed by atoms with Crippen LogP contribution < -0.4 is 4.74 Å². The lowest BCUT2D eigenvalue weighted by molar-refractivity contribution is 0.237. The lowest BCUT2D eigenvalue weighted by Gasteiger charge is -2.13. The monoisotopic (exact) mass is 299 g/mol. The van der Waals surface area contributed by atoms with Gasteiger partial charge in [-0.1, -0.05) is 27.5 Å². The molecular weight excluding hydrogens is 289 g/mol. The minimum Gasteiger partial charge on any atom is -0.491 e. The van der Waals surface area contributed by atoms with Gasteiger partial charge in [0.05, 0.1) is 17.7 Å². The van der Waals surface area contributed by atoms with E-state index in [2.05, 4.69) is 22.0 Å². The van der Waals surface area contributed by atoms with E-state index in [1.807, 2.05) is 12.1 Å². The van der Waals surface area contributed by atoms with Gasteiger partial charge in [0.25, 0.3) is 0 Å². The zero-order chi connectivity index (χ0) is 11.6. The van der Waals surface area contributed by atoms with Crippen molar-refractivity contribution in [3.05, 3.63) is 27.7 Å². The van der Waals surface area contributed by atoms with Crippen LogP contribution in [0.3, 0.4) is 0 Å². The zero-order valence-corrected chi connectivity index (χ0v) is 11.0. The maximum Gasteiger partial charge on any atom is 0.137 e. The molecule has 0 bridgehead atoms. The summed E-state index contributed by atoms with van der Waals surface area (Å²) in [6, 6.07) is 7.75. The fourth-order valence-corrected chi connectivity index (χ4v) is 2.27. The van der Waals surface area contributed by atoms with Gasteiger partial charge in [0.1, 0.15) is 5.75 Å². The highest BCUT2D eigenvalue weighted by atomic mass is 79.9. The van der Waals surface area contributed by atoms with Crippen LogP contribution >= 0.6 is 27.5 Å². The van der Waals surface area contributed by atoms with Crippen molar-refractivity contribution < 1.29 is 4.74 Å². The van der Waals surface area contributed by atoms with Crippen molar-refractivity contribution in [1.29, 1.82) is 5.26 Å². The first-order valence-electron chi connectivity index (χ1n) is 5.10. The molecule has 0 saturated heterocycles. The number of benzene rings is 1. The van der Waals surface area contributed by atoms with Crippen LogP contribution in [0, 0.1) is 16.7 Å². The van der Waals surface area contributed by atoms with Gasteiger partial charge < -0.3 is 4.74 Å². The minimum absolute atomic E-state index is 0.0884. The number of rotatable bonds is 4. The molecule has 0 heterocycles. The Balaban J connectivity index is 1.98. The average molecular weight is 301 g/mol. The largest absolute Gasteiger partial charge is 0.491 e. The highest BCUT2D eigenvalue weighted by Crippen LogP contribution is 2.49. The third-order valence-corrected chi connectivity index (χ3v) is 3.63. The molecule has 1 aliphatic rings. The van der Waals surface area contributed by atoms with E-state index in [1.165, 1.54) is 0 Å². The quantitative estimate of drug-likeness (QED) is 0.836. The highest BCUT2D eigenvalue weighted by Gasteiger charge is 2.43. The smallest absolute Gasteiger partial charge is 0.137 e. The fourth-order valence-electron chi connectivity index (χ4n) is 1.54. The van der Waals surface area contributed by atoms with Gasteiger partial charge in [-0.3, -0.25) is 0 Å². The van der Waals surface area contributed by atoms with Gasteiger partial charge in [-0.15, -0.1) is 0 Å². The molecule has 2 nitrogen and oxygen atoms in total. The third-order valence-electron chi connectivity index (χ3n) is 2.84. The van der Waals surface area contributed by atoms with Crippen molar-refractivity contribution in [3.63, 3.8) is 0 Å². The number of halogens is 2. The summed E-state index contributed by atoms with van der Waals surface area (Å²) in [5.41, 5.74) is 0.0884. The van der Waals surface area contributed by atoms with Gasteiger partial charge in [0.2, 0.25) is 0 Å². The second-order valence-corrected chi connectivity index (χ2v) is 5.52. The summed E-state index contributed by atoms with van der Waals surface area (Å²) in [4.78, 5) is 0. The minimum atomic E-state index is 0.0884. The van der Waals surface area contributed by atoms with Crippen molar-refractivity contribution in [3.8, 4) is 11.8 Å². The SMILES string of the molecule is N#CCC1(COc2ccc(Br)cc2Cl)CC1. The Bertz CT molecular complexity index is 437. The standard InChI is InChI=1S/C12H11BrClNO/c13-9-1-2-11(10(14)7-9)16-8-12(3-4-12)5-6-15/h1-2,7H,3-5,8H2. The predicted molar refractivity (Wildman–Crippen MR) is 66.5 cm³/mol. The molecule has 0 aliphatic heterocycles.